The van der Waals surface area contributed by atoms with E-state index < -0.39 is 15.4 Å². The van der Waals surface area contributed by atoms with Crippen LogP contribution < -0.4 is 10.0 Å². The monoisotopic (exact) mass is 520 g/mol. The Hall–Kier alpha value is -3.49. The van der Waals surface area contributed by atoms with Crippen LogP contribution in [-0.2, 0) is 42.6 Å². The molecule has 7 nitrogen and oxygen atoms in total. The lowest BCUT2D eigenvalue weighted by atomic mass is 9.96. The molecule has 1 saturated carbocycles. The highest BCUT2D eigenvalue weighted by atomic mass is 32.2. The van der Waals surface area contributed by atoms with Crippen molar-refractivity contribution in [1.82, 2.24) is 4.72 Å². The van der Waals surface area contributed by atoms with Gasteiger partial charge in [0.25, 0.3) is 0 Å². The van der Waals surface area contributed by atoms with E-state index in [1.165, 1.54) is 0 Å². The summed E-state index contributed by atoms with van der Waals surface area (Å²) in [7, 11) is -3.60. The maximum atomic E-state index is 12.6. The molecule has 2 N–H and O–H groups in total. The Kier molecular flexibility index (Phi) is 8.41. The molecule has 0 atom stereocenters. The van der Waals surface area contributed by atoms with Gasteiger partial charge >= 0.3 is 5.97 Å². The second-order valence-corrected chi connectivity index (χ2v) is 11.0. The van der Waals surface area contributed by atoms with Gasteiger partial charge in [0.2, 0.25) is 15.9 Å². The van der Waals surface area contributed by atoms with Crippen molar-refractivity contribution in [2.45, 2.75) is 49.3 Å². The van der Waals surface area contributed by atoms with Gasteiger partial charge in [-0.3, -0.25) is 9.59 Å². The largest absolute Gasteiger partial charge is 0.465 e. The van der Waals surface area contributed by atoms with Crippen LogP contribution >= 0.6 is 0 Å². The average Bonchev–Trinajstić information content (AvgIpc) is 3.71. The summed E-state index contributed by atoms with van der Waals surface area (Å²) in [5, 5.41) is 2.88. The number of sulfonamides is 1. The number of nitrogens with one attached hydrogen (secondary N) is 2. The van der Waals surface area contributed by atoms with Crippen LogP contribution in [-0.4, -0.2) is 33.4 Å². The normalized spacial score (nSPS) is 14.1. The van der Waals surface area contributed by atoms with E-state index in [1.807, 2.05) is 42.5 Å². The highest BCUT2D eigenvalue weighted by molar-refractivity contribution is 7.89. The Balaban J connectivity index is 1.24. The number of rotatable bonds is 12. The molecular formula is C29H32N2O5S. The number of ether oxygens (including phenoxy) is 1. The van der Waals surface area contributed by atoms with Crippen molar-refractivity contribution in [2.75, 3.05) is 18.5 Å². The molecule has 0 heterocycles. The van der Waals surface area contributed by atoms with Crippen LogP contribution in [0, 0.1) is 0 Å². The smallest absolute Gasteiger partial charge is 0.316 e. The van der Waals surface area contributed by atoms with Gasteiger partial charge in [0.05, 0.1) is 16.9 Å². The fourth-order valence-corrected chi connectivity index (χ4v) is 5.28. The molecule has 0 aliphatic heterocycles. The zero-order valence-electron chi connectivity index (χ0n) is 20.9. The number of anilines is 1. The quantitative estimate of drug-likeness (QED) is 0.345. The number of esters is 1. The summed E-state index contributed by atoms with van der Waals surface area (Å²) < 4.78 is 33.0. The van der Waals surface area contributed by atoms with Crippen molar-refractivity contribution in [3.63, 3.8) is 0 Å². The molecule has 0 aromatic heterocycles. The second-order valence-electron chi connectivity index (χ2n) is 9.21. The van der Waals surface area contributed by atoms with E-state index in [1.54, 1.807) is 43.3 Å². The Labute approximate surface area is 218 Å². The lowest BCUT2D eigenvalue weighted by Crippen LogP contribution is -2.26. The number of benzene rings is 3. The molecule has 1 fully saturated rings. The van der Waals surface area contributed by atoms with Crippen LogP contribution in [0.3, 0.4) is 0 Å². The lowest BCUT2D eigenvalue weighted by Gasteiger charge is -2.15. The fourth-order valence-electron chi connectivity index (χ4n) is 4.25. The van der Waals surface area contributed by atoms with Crippen molar-refractivity contribution in [2.24, 2.45) is 0 Å². The molecule has 1 amide bonds. The summed E-state index contributed by atoms with van der Waals surface area (Å²) in [6.07, 6.45) is 2.92. The topological polar surface area (TPSA) is 102 Å². The number of amides is 1. The standard InChI is InChI=1S/C29H32N2O5S/c1-2-36-28(33)29(19-20-29)24-11-13-25(14-12-24)31-27(32)17-10-23-8-15-26(16-9-23)37(34,35)30-21-18-22-6-4-3-5-7-22/h3-9,11-16,30H,2,10,17-21H2,1H3,(H,31,32). The number of aryl methyl sites for hydroxylation is 1. The lowest BCUT2D eigenvalue weighted by molar-refractivity contribution is -0.146. The highest BCUT2D eigenvalue weighted by Gasteiger charge is 2.52. The third-order valence-corrected chi connectivity index (χ3v) is 8.04. The van der Waals surface area contributed by atoms with Crippen LogP contribution in [0.1, 0.15) is 42.9 Å². The zero-order chi connectivity index (χ0) is 26.3. The predicted molar refractivity (Wildman–Crippen MR) is 143 cm³/mol. The summed E-state index contributed by atoms with van der Waals surface area (Å²) in [6.45, 7) is 2.48. The van der Waals surface area contributed by atoms with Gasteiger partial charge in [-0.1, -0.05) is 54.6 Å². The maximum Gasteiger partial charge on any atom is 0.316 e. The van der Waals surface area contributed by atoms with Crippen molar-refractivity contribution < 1.29 is 22.7 Å². The first-order chi connectivity index (χ1) is 17.8. The number of hydrogen-bond acceptors (Lipinski definition) is 5. The molecule has 37 heavy (non-hydrogen) atoms. The van der Waals surface area contributed by atoms with Crippen molar-refractivity contribution >= 4 is 27.6 Å². The molecule has 0 bridgehead atoms. The number of carbonyl (C=O) groups excluding carboxylic acids is 2. The van der Waals surface area contributed by atoms with E-state index in [9.17, 15) is 18.0 Å². The van der Waals surface area contributed by atoms with Crippen LogP contribution in [0.25, 0.3) is 0 Å². The first-order valence-electron chi connectivity index (χ1n) is 12.5. The molecule has 3 aromatic carbocycles. The first kappa shape index (κ1) is 26.6. The van der Waals surface area contributed by atoms with Gasteiger partial charge < -0.3 is 10.1 Å². The second kappa shape index (κ2) is 11.7. The van der Waals surface area contributed by atoms with Crippen LogP contribution in [0.2, 0.25) is 0 Å². The van der Waals surface area contributed by atoms with E-state index in [2.05, 4.69) is 10.0 Å². The van der Waals surface area contributed by atoms with Crippen molar-refractivity contribution in [3.05, 3.63) is 95.6 Å². The predicted octanol–water partition coefficient (Wildman–Crippen LogP) is 4.37. The molecule has 0 radical (unpaired) electrons. The van der Waals surface area contributed by atoms with Gasteiger partial charge in [-0.25, -0.2) is 13.1 Å². The summed E-state index contributed by atoms with van der Waals surface area (Å²) in [5.74, 6) is -0.327. The minimum absolute atomic E-state index is 0.140. The van der Waals surface area contributed by atoms with E-state index in [0.29, 0.717) is 31.7 Å². The first-order valence-corrected chi connectivity index (χ1v) is 14.0. The highest BCUT2D eigenvalue weighted by Crippen LogP contribution is 2.49. The zero-order valence-corrected chi connectivity index (χ0v) is 21.7. The molecule has 0 saturated heterocycles. The molecule has 0 unspecified atom stereocenters. The van der Waals surface area contributed by atoms with E-state index in [4.69, 9.17) is 4.74 Å². The summed E-state index contributed by atoms with van der Waals surface area (Å²) in [6, 6.07) is 23.6. The Morgan fingerprint density at radius 1 is 0.865 bits per heavy atom. The van der Waals surface area contributed by atoms with Crippen molar-refractivity contribution in [1.29, 1.82) is 0 Å². The molecule has 4 rings (SSSR count). The molecular weight excluding hydrogens is 488 g/mol. The Bertz CT molecular complexity index is 1320. The number of hydrogen-bond donors (Lipinski definition) is 2. The van der Waals surface area contributed by atoms with Gasteiger partial charge in [-0.15, -0.1) is 0 Å². The molecule has 0 spiro atoms. The SMILES string of the molecule is CCOC(=O)C1(c2ccc(NC(=O)CCc3ccc(S(=O)(=O)NCCc4ccccc4)cc3)cc2)CC1. The minimum Gasteiger partial charge on any atom is -0.465 e. The van der Waals surface area contributed by atoms with Crippen LogP contribution in [0.15, 0.2) is 83.8 Å². The molecule has 3 aromatic rings. The molecule has 1 aliphatic carbocycles. The van der Waals surface area contributed by atoms with Crippen molar-refractivity contribution in [3.8, 4) is 0 Å². The van der Waals surface area contributed by atoms with E-state index in [0.717, 1.165) is 29.5 Å². The average molecular weight is 521 g/mol. The fraction of sp³-hybridized carbons (Fsp3) is 0.310. The summed E-state index contributed by atoms with van der Waals surface area (Å²) in [4.78, 5) is 24.9. The Morgan fingerprint density at radius 2 is 1.51 bits per heavy atom. The van der Waals surface area contributed by atoms with E-state index in [-0.39, 0.29) is 23.2 Å². The van der Waals surface area contributed by atoms with Gasteiger partial charge in [0, 0.05) is 18.7 Å². The van der Waals surface area contributed by atoms with Gasteiger partial charge in [-0.05, 0) is 73.6 Å². The van der Waals surface area contributed by atoms with Crippen LogP contribution in [0.5, 0.6) is 0 Å². The molecule has 1 aliphatic rings. The van der Waals surface area contributed by atoms with Gasteiger partial charge in [0.15, 0.2) is 0 Å². The minimum atomic E-state index is -3.60. The summed E-state index contributed by atoms with van der Waals surface area (Å²) in [5.41, 5.74) is 2.98. The molecule has 194 valence electrons. The number of carbonyl (C=O) groups is 2. The third kappa shape index (κ3) is 6.84. The third-order valence-electron chi connectivity index (χ3n) is 6.56. The Morgan fingerprint density at radius 3 is 2.14 bits per heavy atom. The van der Waals surface area contributed by atoms with Crippen LogP contribution in [0.4, 0.5) is 5.69 Å². The van der Waals surface area contributed by atoms with Gasteiger partial charge in [-0.2, -0.15) is 0 Å². The maximum absolute atomic E-state index is 12.6. The molecule has 8 heteroatoms. The van der Waals surface area contributed by atoms with Gasteiger partial charge in [0.1, 0.15) is 0 Å². The van der Waals surface area contributed by atoms with E-state index >= 15 is 0 Å². The summed E-state index contributed by atoms with van der Waals surface area (Å²) >= 11 is 0.